The second kappa shape index (κ2) is 9.81. The van der Waals surface area contributed by atoms with E-state index >= 15 is 0 Å². The molecule has 1 aromatic heterocycles. The number of benzene rings is 3. The Bertz CT molecular complexity index is 1580. The molecule has 2 atom stereocenters. The Kier molecular flexibility index (Phi) is 6.38. The van der Waals surface area contributed by atoms with Gasteiger partial charge < -0.3 is 10.1 Å². The molecule has 1 aliphatic heterocycles. The van der Waals surface area contributed by atoms with Crippen molar-refractivity contribution in [3.8, 4) is 0 Å². The predicted molar refractivity (Wildman–Crippen MR) is 132 cm³/mol. The number of hydrogen-bond donors (Lipinski definition) is 1. The molecule has 38 heavy (non-hydrogen) atoms. The van der Waals surface area contributed by atoms with E-state index < -0.39 is 47.5 Å². The van der Waals surface area contributed by atoms with E-state index in [2.05, 4.69) is 10.3 Å². The maximum absolute atomic E-state index is 14.2. The number of imide groups is 1. The number of aromatic nitrogens is 1. The highest BCUT2D eigenvalue weighted by molar-refractivity contribution is 6.23. The van der Waals surface area contributed by atoms with Gasteiger partial charge in [-0.1, -0.05) is 36.4 Å². The van der Waals surface area contributed by atoms with Crippen LogP contribution in [0, 0.1) is 11.6 Å². The number of halogens is 2. The van der Waals surface area contributed by atoms with Crippen molar-refractivity contribution >= 4 is 40.3 Å². The fraction of sp³-hybridized carbons (Fsp3) is 0.107. The van der Waals surface area contributed by atoms with Crippen LogP contribution in [0.1, 0.15) is 39.3 Å². The Morgan fingerprint density at radius 1 is 0.895 bits per heavy atom. The topological polar surface area (TPSA) is 106 Å². The van der Waals surface area contributed by atoms with E-state index in [4.69, 9.17) is 4.74 Å². The Morgan fingerprint density at radius 3 is 2.24 bits per heavy atom. The molecule has 2 heterocycles. The highest BCUT2D eigenvalue weighted by atomic mass is 19.2. The van der Waals surface area contributed by atoms with Gasteiger partial charge in [-0.2, -0.15) is 0 Å². The van der Waals surface area contributed by atoms with Crippen LogP contribution >= 0.6 is 0 Å². The Hall–Kier alpha value is -4.99. The second-order valence-electron chi connectivity index (χ2n) is 8.54. The van der Waals surface area contributed by atoms with E-state index in [9.17, 15) is 28.0 Å². The van der Waals surface area contributed by atoms with Gasteiger partial charge >= 0.3 is 5.97 Å². The summed E-state index contributed by atoms with van der Waals surface area (Å²) >= 11 is 0. The first-order chi connectivity index (χ1) is 18.3. The summed E-state index contributed by atoms with van der Waals surface area (Å²) in [6.45, 7) is 1.05. The lowest BCUT2D eigenvalue weighted by Crippen LogP contribution is -2.51. The van der Waals surface area contributed by atoms with Gasteiger partial charge in [-0.15, -0.1) is 0 Å². The van der Waals surface area contributed by atoms with Gasteiger partial charge in [-0.3, -0.25) is 29.1 Å². The SMILES string of the molecule is CC(=O)O[C@@H](c1ccc(F)c(F)c1)[C@@H](C(=O)Nc1cccc2cccnc12)N1C(=O)c2ccccc2C1=O. The van der Waals surface area contributed by atoms with Crippen LogP contribution in [-0.2, 0) is 14.3 Å². The minimum atomic E-state index is -1.78. The average Bonchev–Trinajstić information content (AvgIpc) is 3.15. The molecule has 4 aromatic rings. The molecule has 1 N–H and O–H groups in total. The van der Waals surface area contributed by atoms with E-state index in [1.54, 1.807) is 42.5 Å². The van der Waals surface area contributed by atoms with Crippen LogP contribution in [0.5, 0.6) is 0 Å². The molecule has 10 heteroatoms. The number of pyridine rings is 1. The zero-order valence-electron chi connectivity index (χ0n) is 19.9. The highest BCUT2D eigenvalue weighted by Crippen LogP contribution is 2.34. The number of nitrogens with zero attached hydrogens (tertiary/aromatic N) is 2. The summed E-state index contributed by atoms with van der Waals surface area (Å²) in [6.07, 6.45) is -0.129. The third-order valence-corrected chi connectivity index (χ3v) is 6.11. The quantitative estimate of drug-likeness (QED) is 0.301. The van der Waals surface area contributed by atoms with Crippen molar-refractivity contribution in [2.24, 2.45) is 0 Å². The van der Waals surface area contributed by atoms with Crippen molar-refractivity contribution in [1.29, 1.82) is 0 Å². The molecule has 0 fully saturated rings. The number of hydrogen-bond acceptors (Lipinski definition) is 6. The van der Waals surface area contributed by atoms with Crippen LogP contribution in [-0.4, -0.2) is 39.6 Å². The fourth-order valence-electron chi connectivity index (χ4n) is 4.45. The summed E-state index contributed by atoms with van der Waals surface area (Å²) in [4.78, 5) is 57.8. The zero-order valence-corrected chi connectivity index (χ0v) is 19.9. The number of carbonyl (C=O) groups excluding carboxylic acids is 4. The van der Waals surface area contributed by atoms with Gasteiger partial charge in [0.2, 0.25) is 0 Å². The first-order valence-electron chi connectivity index (χ1n) is 11.5. The summed E-state index contributed by atoms with van der Waals surface area (Å²) in [5.41, 5.74) is 0.665. The van der Waals surface area contributed by atoms with Crippen molar-refractivity contribution in [2.45, 2.75) is 19.1 Å². The Labute approximate surface area is 214 Å². The van der Waals surface area contributed by atoms with E-state index in [0.717, 1.165) is 25.1 Å². The van der Waals surface area contributed by atoms with Gasteiger partial charge in [0, 0.05) is 18.5 Å². The molecule has 8 nitrogen and oxygen atoms in total. The monoisotopic (exact) mass is 515 g/mol. The predicted octanol–water partition coefficient (Wildman–Crippen LogP) is 4.42. The summed E-state index contributed by atoms with van der Waals surface area (Å²) < 4.78 is 33.4. The summed E-state index contributed by atoms with van der Waals surface area (Å²) in [6, 6.07) is 15.4. The van der Waals surface area contributed by atoms with Gasteiger partial charge in [-0.05, 0) is 42.0 Å². The molecule has 190 valence electrons. The molecule has 0 spiro atoms. The molecule has 3 amide bonds. The third kappa shape index (κ3) is 4.36. The molecule has 0 radical (unpaired) electrons. The zero-order chi connectivity index (χ0) is 27.0. The van der Waals surface area contributed by atoms with Crippen molar-refractivity contribution in [3.63, 3.8) is 0 Å². The highest BCUT2D eigenvalue weighted by Gasteiger charge is 2.48. The number of amides is 3. The lowest BCUT2D eigenvalue weighted by Gasteiger charge is -2.32. The smallest absolute Gasteiger partial charge is 0.303 e. The molecule has 0 bridgehead atoms. The normalized spacial score (nSPS) is 14.2. The molecule has 0 saturated carbocycles. The fourth-order valence-corrected chi connectivity index (χ4v) is 4.45. The molecule has 0 unspecified atom stereocenters. The van der Waals surface area contributed by atoms with Gasteiger partial charge in [-0.25, -0.2) is 8.78 Å². The van der Waals surface area contributed by atoms with Crippen molar-refractivity contribution in [3.05, 3.63) is 107 Å². The average molecular weight is 515 g/mol. The number of rotatable bonds is 6. The van der Waals surface area contributed by atoms with E-state index in [1.165, 1.54) is 18.3 Å². The van der Waals surface area contributed by atoms with Crippen LogP contribution in [0.2, 0.25) is 0 Å². The van der Waals surface area contributed by atoms with Crippen LogP contribution < -0.4 is 5.32 Å². The van der Waals surface area contributed by atoms with E-state index in [-0.39, 0.29) is 22.4 Å². The van der Waals surface area contributed by atoms with Crippen molar-refractivity contribution in [1.82, 2.24) is 9.88 Å². The van der Waals surface area contributed by atoms with Crippen LogP contribution in [0.15, 0.2) is 79.0 Å². The standard InChI is InChI=1S/C28H19F2N3O5/c1-15(34)38-25(17-11-12-20(29)21(30)14-17)24(33-27(36)18-8-2-3-9-19(18)28(33)37)26(35)32-22-10-4-6-16-7-5-13-31-23(16)22/h2-14,24-25H,1H3,(H,32,35)/t24-,25-/m0/s1. The largest absolute Gasteiger partial charge is 0.455 e. The lowest BCUT2D eigenvalue weighted by atomic mass is 9.99. The number of fused-ring (bicyclic) bond motifs is 2. The maximum atomic E-state index is 14.2. The van der Waals surface area contributed by atoms with E-state index in [1.807, 2.05) is 0 Å². The number of nitrogens with one attached hydrogen (secondary N) is 1. The molecule has 0 aliphatic carbocycles. The molecular weight excluding hydrogens is 496 g/mol. The summed E-state index contributed by atoms with van der Waals surface area (Å²) in [7, 11) is 0. The summed E-state index contributed by atoms with van der Waals surface area (Å²) in [5.74, 6) is -5.82. The van der Waals surface area contributed by atoms with Crippen LogP contribution in [0.25, 0.3) is 10.9 Å². The van der Waals surface area contributed by atoms with Crippen LogP contribution in [0.3, 0.4) is 0 Å². The number of carbonyl (C=O) groups is 4. The first kappa shape index (κ1) is 24.7. The number of ether oxygens (including phenoxy) is 1. The lowest BCUT2D eigenvalue weighted by molar-refractivity contribution is -0.151. The maximum Gasteiger partial charge on any atom is 0.303 e. The second-order valence-corrected chi connectivity index (χ2v) is 8.54. The number of anilines is 1. The Balaban J connectivity index is 1.64. The molecule has 0 saturated heterocycles. The third-order valence-electron chi connectivity index (χ3n) is 6.11. The van der Waals surface area contributed by atoms with Gasteiger partial charge in [0.25, 0.3) is 17.7 Å². The minimum Gasteiger partial charge on any atom is -0.455 e. The number of para-hydroxylation sites is 1. The van der Waals surface area contributed by atoms with Crippen LogP contribution in [0.4, 0.5) is 14.5 Å². The van der Waals surface area contributed by atoms with Gasteiger partial charge in [0.1, 0.15) is 0 Å². The molecule has 1 aliphatic rings. The molecule has 3 aromatic carbocycles. The van der Waals surface area contributed by atoms with Gasteiger partial charge in [0.15, 0.2) is 23.8 Å². The minimum absolute atomic E-state index is 0.0500. The number of esters is 1. The van der Waals surface area contributed by atoms with E-state index in [0.29, 0.717) is 15.8 Å². The molecule has 5 rings (SSSR count). The molecular formula is C28H19F2N3O5. The summed E-state index contributed by atoms with van der Waals surface area (Å²) in [5, 5.41) is 3.38. The van der Waals surface area contributed by atoms with Crippen molar-refractivity contribution < 1.29 is 32.7 Å². The van der Waals surface area contributed by atoms with Gasteiger partial charge in [0.05, 0.1) is 22.3 Å². The first-order valence-corrected chi connectivity index (χ1v) is 11.5. The Morgan fingerprint density at radius 2 is 1.58 bits per heavy atom. The van der Waals surface area contributed by atoms with Crippen molar-refractivity contribution in [2.75, 3.05) is 5.32 Å².